The lowest BCUT2D eigenvalue weighted by Crippen LogP contribution is -2.46. The van der Waals surface area contributed by atoms with Gasteiger partial charge in [-0.05, 0) is 38.8 Å². The minimum atomic E-state index is -2.64. The van der Waals surface area contributed by atoms with Crippen molar-refractivity contribution in [1.82, 2.24) is 0 Å². The molecule has 0 fully saturated rings. The van der Waals surface area contributed by atoms with Crippen LogP contribution in [0.2, 0.25) is 6.04 Å². The van der Waals surface area contributed by atoms with Crippen molar-refractivity contribution < 1.29 is 22.8 Å². The maximum Gasteiger partial charge on any atom is 0.501 e. The van der Waals surface area contributed by atoms with Gasteiger partial charge in [0.1, 0.15) is 0 Å². The normalized spacial score (nSPS) is 11.4. The van der Waals surface area contributed by atoms with Gasteiger partial charge in [-0.2, -0.15) is 0 Å². The average molecular weight is 405 g/mol. The van der Waals surface area contributed by atoms with Crippen LogP contribution in [0.15, 0.2) is 48.5 Å². The molecule has 0 atom stereocenters. The fourth-order valence-corrected chi connectivity index (χ4v) is 5.71. The Kier molecular flexibility index (Phi) is 9.50. The van der Waals surface area contributed by atoms with Gasteiger partial charge >= 0.3 is 8.80 Å². The Labute approximate surface area is 169 Å². The predicted octanol–water partition coefficient (Wildman–Crippen LogP) is 5.18. The second-order valence-corrected chi connectivity index (χ2v) is 8.87. The van der Waals surface area contributed by atoms with E-state index in [0.717, 1.165) is 35.1 Å². The second-order valence-electron chi connectivity index (χ2n) is 6.14. The summed E-state index contributed by atoms with van der Waals surface area (Å²) in [6, 6.07) is 16.8. The van der Waals surface area contributed by atoms with Crippen LogP contribution in [-0.4, -0.2) is 42.3 Å². The first-order chi connectivity index (χ1) is 13.7. The summed E-state index contributed by atoms with van der Waals surface area (Å²) in [5.74, 6) is 1.48. The maximum absolute atomic E-state index is 6.17. The highest BCUT2D eigenvalue weighted by Gasteiger charge is 2.39. The van der Waals surface area contributed by atoms with E-state index in [2.05, 4.69) is 12.1 Å². The number of rotatable bonds is 13. The van der Waals surface area contributed by atoms with E-state index in [-0.39, 0.29) is 0 Å². The first kappa shape index (κ1) is 22.4. The number of hydrogen-bond donors (Lipinski definition) is 0. The molecule has 0 heterocycles. The van der Waals surface area contributed by atoms with E-state index in [1.54, 1.807) is 7.11 Å². The molecule has 0 saturated heterocycles. The third kappa shape index (κ3) is 6.07. The molecule has 28 heavy (non-hydrogen) atoms. The third-order valence-corrected chi connectivity index (χ3v) is 7.40. The van der Waals surface area contributed by atoms with E-state index in [0.29, 0.717) is 26.4 Å². The summed E-state index contributed by atoms with van der Waals surface area (Å²) in [4.78, 5) is 0. The molecule has 0 amide bonds. The fraction of sp³-hybridized carbons (Fsp3) is 0.455. The molecule has 0 radical (unpaired) electrons. The average Bonchev–Trinajstić information content (AvgIpc) is 2.72. The highest BCUT2D eigenvalue weighted by atomic mass is 28.4. The molecule has 0 bridgehead atoms. The molecule has 0 aliphatic carbocycles. The van der Waals surface area contributed by atoms with Crippen LogP contribution >= 0.6 is 0 Å². The summed E-state index contributed by atoms with van der Waals surface area (Å²) in [5.41, 5.74) is 2.11. The van der Waals surface area contributed by atoms with Gasteiger partial charge in [0.25, 0.3) is 0 Å². The van der Waals surface area contributed by atoms with E-state index < -0.39 is 8.80 Å². The summed E-state index contributed by atoms with van der Waals surface area (Å²) in [7, 11) is -0.984. The molecular formula is C22H32O5Si. The highest BCUT2D eigenvalue weighted by molar-refractivity contribution is 6.60. The van der Waals surface area contributed by atoms with E-state index in [1.165, 1.54) is 0 Å². The van der Waals surface area contributed by atoms with Crippen molar-refractivity contribution in [1.29, 1.82) is 0 Å². The Hall–Kier alpha value is -1.86. The Morgan fingerprint density at radius 1 is 0.786 bits per heavy atom. The Balaban J connectivity index is 2.09. The van der Waals surface area contributed by atoms with E-state index in [4.69, 9.17) is 22.8 Å². The monoisotopic (exact) mass is 404 g/mol. The minimum absolute atomic E-state index is 0.530. The van der Waals surface area contributed by atoms with Crippen molar-refractivity contribution >= 4 is 8.80 Å². The van der Waals surface area contributed by atoms with Crippen molar-refractivity contribution in [2.75, 3.05) is 33.5 Å². The molecule has 0 aliphatic heterocycles. The molecule has 2 aromatic carbocycles. The fourth-order valence-electron chi connectivity index (χ4n) is 3.13. The summed E-state index contributed by atoms with van der Waals surface area (Å²) < 4.78 is 29.4. The van der Waals surface area contributed by atoms with Gasteiger partial charge in [0.15, 0.2) is 11.5 Å². The van der Waals surface area contributed by atoms with Crippen molar-refractivity contribution in [2.45, 2.75) is 33.2 Å². The molecule has 2 aromatic rings. The van der Waals surface area contributed by atoms with Crippen LogP contribution in [0.3, 0.4) is 0 Å². The predicted molar refractivity (Wildman–Crippen MR) is 114 cm³/mol. The number of hydrogen-bond acceptors (Lipinski definition) is 5. The molecule has 0 saturated carbocycles. The molecule has 0 aliphatic rings. The molecular weight excluding hydrogens is 372 g/mol. The SMILES string of the molecule is CCO[Si](CCCOc1c(OC)cccc1-c1ccccc1)(OCC)OCC. The molecule has 0 unspecified atom stereocenters. The van der Waals surface area contributed by atoms with Crippen LogP contribution in [0, 0.1) is 0 Å². The van der Waals surface area contributed by atoms with Gasteiger partial charge in [0, 0.05) is 31.4 Å². The topological polar surface area (TPSA) is 46.2 Å². The Bertz CT molecular complexity index is 676. The molecule has 6 heteroatoms. The van der Waals surface area contributed by atoms with Crippen LogP contribution in [-0.2, 0) is 13.3 Å². The van der Waals surface area contributed by atoms with Gasteiger partial charge in [-0.25, -0.2) is 0 Å². The van der Waals surface area contributed by atoms with Crippen molar-refractivity contribution in [3.63, 3.8) is 0 Å². The summed E-state index contributed by atoms with van der Waals surface area (Å²) in [6.07, 6.45) is 0.776. The zero-order chi connectivity index (χ0) is 20.2. The Morgan fingerprint density at radius 3 is 2.00 bits per heavy atom. The first-order valence-corrected chi connectivity index (χ1v) is 11.9. The van der Waals surface area contributed by atoms with Crippen molar-refractivity contribution in [3.8, 4) is 22.6 Å². The van der Waals surface area contributed by atoms with Crippen LogP contribution in [0.5, 0.6) is 11.5 Å². The lowest BCUT2D eigenvalue weighted by Gasteiger charge is -2.28. The molecule has 2 rings (SSSR count). The standard InChI is InChI=1S/C22H32O5Si/c1-5-25-28(26-6-2,27-7-3)18-12-17-24-22-20(15-11-16-21(22)23-4)19-13-9-8-10-14-19/h8-11,13-16H,5-7,12,17-18H2,1-4H3. The van der Waals surface area contributed by atoms with Gasteiger partial charge in [-0.1, -0.05) is 42.5 Å². The molecule has 0 spiro atoms. The van der Waals surface area contributed by atoms with Gasteiger partial charge < -0.3 is 22.8 Å². The van der Waals surface area contributed by atoms with E-state index in [1.807, 2.05) is 57.2 Å². The summed E-state index contributed by atoms with van der Waals surface area (Å²) in [6.45, 7) is 8.18. The quantitative estimate of drug-likeness (QED) is 0.340. The zero-order valence-corrected chi connectivity index (χ0v) is 18.4. The van der Waals surface area contributed by atoms with E-state index >= 15 is 0 Å². The second kappa shape index (κ2) is 11.9. The van der Waals surface area contributed by atoms with Crippen molar-refractivity contribution in [2.24, 2.45) is 0 Å². The van der Waals surface area contributed by atoms with Crippen LogP contribution in [0.4, 0.5) is 0 Å². The number of methoxy groups -OCH3 is 1. The molecule has 5 nitrogen and oxygen atoms in total. The lowest BCUT2D eigenvalue weighted by atomic mass is 10.0. The number of benzene rings is 2. The Morgan fingerprint density at radius 2 is 1.43 bits per heavy atom. The van der Waals surface area contributed by atoms with Crippen molar-refractivity contribution in [3.05, 3.63) is 48.5 Å². The van der Waals surface area contributed by atoms with Crippen LogP contribution in [0.25, 0.3) is 11.1 Å². The largest absolute Gasteiger partial charge is 0.501 e. The molecule has 0 aromatic heterocycles. The minimum Gasteiger partial charge on any atom is -0.493 e. The van der Waals surface area contributed by atoms with Gasteiger partial charge in [0.05, 0.1) is 13.7 Å². The van der Waals surface area contributed by atoms with Gasteiger partial charge in [-0.15, -0.1) is 0 Å². The summed E-state index contributed by atoms with van der Waals surface area (Å²) >= 11 is 0. The molecule has 0 N–H and O–H groups in total. The van der Waals surface area contributed by atoms with Gasteiger partial charge in [0.2, 0.25) is 0 Å². The third-order valence-electron chi connectivity index (χ3n) is 4.25. The zero-order valence-electron chi connectivity index (χ0n) is 17.4. The highest BCUT2D eigenvalue weighted by Crippen LogP contribution is 2.38. The molecule has 154 valence electrons. The van der Waals surface area contributed by atoms with E-state index in [9.17, 15) is 0 Å². The van der Waals surface area contributed by atoms with Crippen LogP contribution < -0.4 is 9.47 Å². The lowest BCUT2D eigenvalue weighted by molar-refractivity contribution is 0.0696. The maximum atomic E-state index is 6.17. The number of para-hydroxylation sites is 1. The smallest absolute Gasteiger partial charge is 0.493 e. The first-order valence-electron chi connectivity index (χ1n) is 9.96. The number of ether oxygens (including phenoxy) is 2. The van der Waals surface area contributed by atoms with Crippen LogP contribution in [0.1, 0.15) is 27.2 Å². The summed E-state index contributed by atoms with van der Waals surface area (Å²) in [5, 5.41) is 0. The van der Waals surface area contributed by atoms with Gasteiger partial charge in [-0.3, -0.25) is 0 Å².